The molecule has 4 nitrogen and oxygen atoms in total. The molecule has 1 unspecified atom stereocenters. The number of ether oxygens (including phenoxy) is 1. The van der Waals surface area contributed by atoms with Gasteiger partial charge in [0.2, 0.25) is 0 Å². The topological polar surface area (TPSA) is 58.6 Å². The Balaban J connectivity index is 2.28. The van der Waals surface area contributed by atoms with Gasteiger partial charge in [-0.15, -0.1) is 0 Å². The van der Waals surface area contributed by atoms with Gasteiger partial charge >= 0.3 is 5.97 Å². The van der Waals surface area contributed by atoms with Gasteiger partial charge in [0.1, 0.15) is 11.8 Å². The van der Waals surface area contributed by atoms with Crippen LogP contribution in [0.4, 0.5) is 0 Å². The standard InChI is InChI=1S/C16H19NO3/c1-10(17-11(2)16(19)20-3)13-9-8-12-6-4-5-7-14(12)15(13)18/h4-11,17-18H,1-3H3/t10?,11-/m0/s1. The number of hydrogen-bond donors (Lipinski definition) is 2. The molecule has 0 saturated heterocycles. The number of fused-ring (bicyclic) bond motifs is 1. The van der Waals surface area contributed by atoms with Crippen LogP contribution in [0.3, 0.4) is 0 Å². The summed E-state index contributed by atoms with van der Waals surface area (Å²) in [5, 5.41) is 15.3. The molecule has 4 heteroatoms. The Morgan fingerprint density at radius 3 is 2.60 bits per heavy atom. The van der Waals surface area contributed by atoms with Gasteiger partial charge in [0.05, 0.1) is 7.11 Å². The van der Waals surface area contributed by atoms with E-state index in [2.05, 4.69) is 10.1 Å². The molecule has 2 aromatic rings. The number of hydrogen-bond acceptors (Lipinski definition) is 4. The zero-order valence-electron chi connectivity index (χ0n) is 11.9. The van der Waals surface area contributed by atoms with Crippen molar-refractivity contribution in [3.63, 3.8) is 0 Å². The van der Waals surface area contributed by atoms with Crippen LogP contribution in [0.1, 0.15) is 25.5 Å². The first kappa shape index (κ1) is 14.3. The molecule has 0 spiro atoms. The Hall–Kier alpha value is -2.07. The van der Waals surface area contributed by atoms with Crippen molar-refractivity contribution in [3.8, 4) is 5.75 Å². The third kappa shape index (κ3) is 2.75. The molecule has 0 aliphatic rings. The second-order valence-electron chi connectivity index (χ2n) is 4.86. The first-order valence-electron chi connectivity index (χ1n) is 6.59. The van der Waals surface area contributed by atoms with Crippen LogP contribution in [0.5, 0.6) is 5.75 Å². The van der Waals surface area contributed by atoms with Crippen molar-refractivity contribution in [2.45, 2.75) is 25.9 Å². The minimum atomic E-state index is -0.430. The summed E-state index contributed by atoms with van der Waals surface area (Å²) in [7, 11) is 1.36. The number of rotatable bonds is 4. The van der Waals surface area contributed by atoms with Crippen molar-refractivity contribution >= 4 is 16.7 Å². The molecule has 2 rings (SSSR count). The number of benzene rings is 2. The van der Waals surface area contributed by atoms with Crippen molar-refractivity contribution in [2.24, 2.45) is 0 Å². The first-order chi connectivity index (χ1) is 9.54. The molecule has 0 aromatic heterocycles. The van der Waals surface area contributed by atoms with Crippen molar-refractivity contribution in [2.75, 3.05) is 7.11 Å². The SMILES string of the molecule is COC(=O)[C@H](C)NC(C)c1ccc2ccccc2c1O. The molecule has 0 fully saturated rings. The lowest BCUT2D eigenvalue weighted by Gasteiger charge is -2.20. The largest absolute Gasteiger partial charge is 0.507 e. The summed E-state index contributed by atoms with van der Waals surface area (Å²) in [6.07, 6.45) is 0. The van der Waals surface area contributed by atoms with Crippen LogP contribution in [-0.4, -0.2) is 24.2 Å². The summed E-state index contributed by atoms with van der Waals surface area (Å²) in [5.41, 5.74) is 0.763. The molecule has 106 valence electrons. The fraction of sp³-hybridized carbons (Fsp3) is 0.312. The van der Waals surface area contributed by atoms with Crippen molar-refractivity contribution in [1.82, 2.24) is 5.32 Å². The molecule has 0 aliphatic carbocycles. The van der Waals surface area contributed by atoms with Gasteiger partial charge in [0, 0.05) is 17.0 Å². The molecular formula is C16H19NO3. The molecule has 2 N–H and O–H groups in total. The molecule has 20 heavy (non-hydrogen) atoms. The Labute approximate surface area is 118 Å². The molecule has 0 heterocycles. The smallest absolute Gasteiger partial charge is 0.322 e. The zero-order valence-corrected chi connectivity index (χ0v) is 11.9. The Morgan fingerprint density at radius 2 is 1.90 bits per heavy atom. The van der Waals surface area contributed by atoms with Crippen LogP contribution in [0.2, 0.25) is 0 Å². The van der Waals surface area contributed by atoms with E-state index >= 15 is 0 Å². The van der Waals surface area contributed by atoms with Crippen LogP contribution in [-0.2, 0) is 9.53 Å². The Bertz CT molecular complexity index is 624. The maximum Gasteiger partial charge on any atom is 0.322 e. The second-order valence-corrected chi connectivity index (χ2v) is 4.86. The third-order valence-corrected chi connectivity index (χ3v) is 3.45. The van der Waals surface area contributed by atoms with Crippen molar-refractivity contribution in [3.05, 3.63) is 42.0 Å². The van der Waals surface area contributed by atoms with E-state index in [-0.39, 0.29) is 17.8 Å². The van der Waals surface area contributed by atoms with E-state index in [1.54, 1.807) is 6.92 Å². The van der Waals surface area contributed by atoms with E-state index in [9.17, 15) is 9.90 Å². The number of methoxy groups -OCH3 is 1. The molecule has 0 radical (unpaired) electrons. The van der Waals surface area contributed by atoms with Crippen molar-refractivity contribution in [1.29, 1.82) is 0 Å². The average molecular weight is 273 g/mol. The van der Waals surface area contributed by atoms with Gasteiger partial charge in [-0.3, -0.25) is 10.1 Å². The van der Waals surface area contributed by atoms with Gasteiger partial charge in [-0.2, -0.15) is 0 Å². The summed E-state index contributed by atoms with van der Waals surface area (Å²) >= 11 is 0. The average Bonchev–Trinajstić information content (AvgIpc) is 2.46. The molecule has 2 atom stereocenters. The number of nitrogens with one attached hydrogen (secondary N) is 1. The highest BCUT2D eigenvalue weighted by Gasteiger charge is 2.19. The van der Waals surface area contributed by atoms with Crippen molar-refractivity contribution < 1.29 is 14.6 Å². The van der Waals surface area contributed by atoms with E-state index in [4.69, 9.17) is 0 Å². The fourth-order valence-electron chi connectivity index (χ4n) is 2.33. The molecule has 0 bridgehead atoms. The number of phenols is 1. The summed E-state index contributed by atoms with van der Waals surface area (Å²) in [6, 6.07) is 10.9. The predicted octanol–water partition coefficient (Wildman–Crippen LogP) is 2.76. The lowest BCUT2D eigenvalue weighted by Crippen LogP contribution is -2.36. The van der Waals surface area contributed by atoms with E-state index < -0.39 is 6.04 Å². The van der Waals surface area contributed by atoms with Crippen LogP contribution < -0.4 is 5.32 Å². The number of phenolic OH excluding ortho intramolecular Hbond substituents is 1. The van der Waals surface area contributed by atoms with E-state index in [1.165, 1.54) is 7.11 Å². The lowest BCUT2D eigenvalue weighted by molar-refractivity contribution is -0.142. The van der Waals surface area contributed by atoms with Crippen LogP contribution >= 0.6 is 0 Å². The molecule has 2 aromatic carbocycles. The summed E-state index contributed by atoms with van der Waals surface area (Å²) < 4.78 is 4.69. The lowest BCUT2D eigenvalue weighted by atomic mass is 10.0. The van der Waals surface area contributed by atoms with E-state index in [0.717, 1.165) is 16.3 Å². The maximum atomic E-state index is 11.4. The van der Waals surface area contributed by atoms with Gasteiger partial charge in [-0.1, -0.05) is 36.4 Å². The van der Waals surface area contributed by atoms with Crippen LogP contribution in [0.15, 0.2) is 36.4 Å². The van der Waals surface area contributed by atoms with Crippen LogP contribution in [0.25, 0.3) is 10.8 Å². The number of carbonyl (C=O) groups excluding carboxylic acids is 1. The number of carbonyl (C=O) groups is 1. The highest BCUT2D eigenvalue weighted by molar-refractivity contribution is 5.89. The Kier molecular flexibility index (Phi) is 4.25. The zero-order chi connectivity index (χ0) is 14.7. The number of aromatic hydroxyl groups is 1. The summed E-state index contributed by atoms with van der Waals surface area (Å²) in [6.45, 7) is 3.64. The summed E-state index contributed by atoms with van der Waals surface area (Å²) in [4.78, 5) is 11.4. The van der Waals surface area contributed by atoms with Gasteiger partial charge in [0.15, 0.2) is 0 Å². The summed E-state index contributed by atoms with van der Waals surface area (Å²) in [5.74, 6) is -0.0719. The fourth-order valence-corrected chi connectivity index (χ4v) is 2.33. The van der Waals surface area contributed by atoms with Crippen LogP contribution in [0, 0.1) is 0 Å². The second kappa shape index (κ2) is 5.92. The van der Waals surface area contributed by atoms with E-state index in [1.807, 2.05) is 43.3 Å². The maximum absolute atomic E-state index is 11.4. The molecule has 0 aliphatic heterocycles. The highest BCUT2D eigenvalue weighted by atomic mass is 16.5. The van der Waals surface area contributed by atoms with Gasteiger partial charge in [-0.25, -0.2) is 0 Å². The third-order valence-electron chi connectivity index (χ3n) is 3.45. The first-order valence-corrected chi connectivity index (χ1v) is 6.59. The minimum Gasteiger partial charge on any atom is -0.507 e. The molecule has 0 saturated carbocycles. The number of esters is 1. The van der Waals surface area contributed by atoms with Gasteiger partial charge in [-0.05, 0) is 19.2 Å². The van der Waals surface area contributed by atoms with Gasteiger partial charge < -0.3 is 9.84 Å². The minimum absolute atomic E-state index is 0.159. The van der Waals surface area contributed by atoms with Gasteiger partial charge in [0.25, 0.3) is 0 Å². The predicted molar refractivity (Wildman–Crippen MR) is 78.6 cm³/mol. The normalized spacial score (nSPS) is 13.9. The Morgan fingerprint density at radius 1 is 1.20 bits per heavy atom. The molecular weight excluding hydrogens is 254 g/mol. The monoisotopic (exact) mass is 273 g/mol. The quantitative estimate of drug-likeness (QED) is 0.841. The highest BCUT2D eigenvalue weighted by Crippen LogP contribution is 2.32. The van der Waals surface area contributed by atoms with E-state index in [0.29, 0.717) is 0 Å². The molecule has 0 amide bonds.